The molecule has 2 N–H and O–H groups in total. The SMILES string of the molecule is O=CNc1ncccn1.O=CNc1ncccn1. The lowest BCUT2D eigenvalue weighted by molar-refractivity contribution is -0.106. The molecule has 8 nitrogen and oxygen atoms in total. The van der Waals surface area contributed by atoms with Crippen molar-refractivity contribution in [3.05, 3.63) is 36.9 Å². The third-order valence-corrected chi connectivity index (χ3v) is 1.51. The van der Waals surface area contributed by atoms with E-state index >= 15 is 0 Å². The van der Waals surface area contributed by atoms with E-state index in [1.54, 1.807) is 36.9 Å². The van der Waals surface area contributed by atoms with Crippen molar-refractivity contribution in [2.75, 3.05) is 10.6 Å². The van der Waals surface area contributed by atoms with Crippen molar-refractivity contribution in [1.29, 1.82) is 0 Å². The maximum atomic E-state index is 9.78. The number of carbonyl (C=O) groups is 2. The molecule has 92 valence electrons. The summed E-state index contributed by atoms with van der Waals surface area (Å²) in [6.07, 6.45) is 7.29. The molecule has 2 aromatic rings. The fourth-order valence-electron chi connectivity index (χ4n) is 0.853. The predicted octanol–water partition coefficient (Wildman–Crippen LogP) is 0.0898. The molecule has 0 aliphatic carbocycles. The zero-order valence-corrected chi connectivity index (χ0v) is 9.22. The Morgan fingerprint density at radius 3 is 1.33 bits per heavy atom. The summed E-state index contributed by atoms with van der Waals surface area (Å²) < 4.78 is 0. The quantitative estimate of drug-likeness (QED) is 0.740. The lowest BCUT2D eigenvalue weighted by atomic mass is 10.7. The van der Waals surface area contributed by atoms with Gasteiger partial charge in [-0.05, 0) is 12.1 Å². The summed E-state index contributed by atoms with van der Waals surface area (Å²) in [4.78, 5) is 34.4. The molecular formula is C10H10N6O2. The van der Waals surface area contributed by atoms with Gasteiger partial charge in [0.25, 0.3) is 0 Å². The fraction of sp³-hybridized carbons (Fsp3) is 0. The van der Waals surface area contributed by atoms with Crippen molar-refractivity contribution in [3.63, 3.8) is 0 Å². The van der Waals surface area contributed by atoms with Crippen molar-refractivity contribution >= 4 is 24.7 Å². The number of rotatable bonds is 4. The highest BCUT2D eigenvalue weighted by Crippen LogP contribution is 1.89. The van der Waals surface area contributed by atoms with Gasteiger partial charge in [0.2, 0.25) is 24.7 Å². The van der Waals surface area contributed by atoms with Gasteiger partial charge in [-0.15, -0.1) is 0 Å². The van der Waals surface area contributed by atoms with Crippen molar-refractivity contribution in [2.45, 2.75) is 0 Å². The summed E-state index contributed by atoms with van der Waals surface area (Å²) in [6, 6.07) is 3.35. The first-order valence-corrected chi connectivity index (χ1v) is 4.81. The van der Waals surface area contributed by atoms with E-state index in [9.17, 15) is 9.59 Å². The van der Waals surface area contributed by atoms with E-state index < -0.39 is 0 Å². The third-order valence-electron chi connectivity index (χ3n) is 1.51. The first-order valence-electron chi connectivity index (χ1n) is 4.81. The number of amides is 2. The molecule has 0 bridgehead atoms. The van der Waals surface area contributed by atoms with E-state index in [1.807, 2.05) is 0 Å². The van der Waals surface area contributed by atoms with Gasteiger partial charge < -0.3 is 0 Å². The van der Waals surface area contributed by atoms with E-state index in [0.717, 1.165) is 0 Å². The number of hydrogen-bond acceptors (Lipinski definition) is 6. The molecule has 0 atom stereocenters. The highest BCUT2D eigenvalue weighted by molar-refractivity contribution is 5.66. The van der Waals surface area contributed by atoms with Crippen LogP contribution in [-0.2, 0) is 9.59 Å². The van der Waals surface area contributed by atoms with Gasteiger partial charge in [-0.2, -0.15) is 0 Å². The van der Waals surface area contributed by atoms with Gasteiger partial charge in [-0.1, -0.05) is 0 Å². The van der Waals surface area contributed by atoms with Crippen LogP contribution in [0.1, 0.15) is 0 Å². The van der Waals surface area contributed by atoms with Gasteiger partial charge in [0.05, 0.1) is 0 Å². The molecule has 2 amide bonds. The van der Waals surface area contributed by atoms with Crippen LogP contribution < -0.4 is 10.6 Å². The van der Waals surface area contributed by atoms with E-state index in [-0.39, 0.29) is 0 Å². The maximum absolute atomic E-state index is 9.78. The molecule has 0 saturated heterocycles. The summed E-state index contributed by atoms with van der Waals surface area (Å²) in [6.45, 7) is 0. The fourth-order valence-corrected chi connectivity index (χ4v) is 0.853. The average Bonchev–Trinajstić information content (AvgIpc) is 2.43. The second-order valence-corrected chi connectivity index (χ2v) is 2.67. The number of anilines is 2. The second kappa shape index (κ2) is 8.28. The van der Waals surface area contributed by atoms with Crippen LogP contribution in [-0.4, -0.2) is 32.8 Å². The van der Waals surface area contributed by atoms with Crippen LogP contribution in [0.4, 0.5) is 11.9 Å². The summed E-state index contributed by atoms with van der Waals surface area (Å²) in [5, 5.41) is 4.61. The minimum Gasteiger partial charge on any atom is -0.297 e. The van der Waals surface area contributed by atoms with Gasteiger partial charge in [0.1, 0.15) is 0 Å². The molecule has 0 unspecified atom stereocenters. The van der Waals surface area contributed by atoms with Crippen LogP contribution in [0.25, 0.3) is 0 Å². The van der Waals surface area contributed by atoms with Crippen LogP contribution in [0.2, 0.25) is 0 Å². The zero-order chi connectivity index (χ0) is 13.1. The molecule has 8 heteroatoms. The van der Waals surface area contributed by atoms with E-state index in [2.05, 4.69) is 30.6 Å². The summed E-state index contributed by atoms with van der Waals surface area (Å²) in [5.41, 5.74) is 0. The molecule has 0 saturated carbocycles. The molecule has 18 heavy (non-hydrogen) atoms. The van der Waals surface area contributed by atoms with E-state index in [0.29, 0.717) is 24.7 Å². The molecular weight excluding hydrogens is 236 g/mol. The monoisotopic (exact) mass is 246 g/mol. The molecule has 0 aliphatic heterocycles. The van der Waals surface area contributed by atoms with Gasteiger partial charge in [-0.25, -0.2) is 19.9 Å². The Morgan fingerprint density at radius 1 is 0.722 bits per heavy atom. The zero-order valence-electron chi connectivity index (χ0n) is 9.22. The molecule has 0 aliphatic rings. The number of nitrogens with zero attached hydrogens (tertiary/aromatic N) is 4. The highest BCUT2D eigenvalue weighted by atomic mass is 16.1. The first-order chi connectivity index (χ1) is 8.86. The Balaban J connectivity index is 0.000000180. The van der Waals surface area contributed by atoms with Gasteiger partial charge >= 0.3 is 0 Å². The van der Waals surface area contributed by atoms with Crippen LogP contribution in [0, 0.1) is 0 Å². The topological polar surface area (TPSA) is 110 Å². The molecule has 0 spiro atoms. The third kappa shape index (κ3) is 5.26. The van der Waals surface area contributed by atoms with Crippen LogP contribution in [0.3, 0.4) is 0 Å². The Hall–Kier alpha value is -2.90. The second-order valence-electron chi connectivity index (χ2n) is 2.67. The maximum Gasteiger partial charge on any atom is 0.229 e. The summed E-state index contributed by atoms with van der Waals surface area (Å²) in [5.74, 6) is 0.653. The van der Waals surface area contributed by atoms with E-state index in [1.165, 1.54) is 0 Å². The van der Waals surface area contributed by atoms with E-state index in [4.69, 9.17) is 0 Å². The molecule has 0 fully saturated rings. The Labute approximate surface area is 103 Å². The minimum atomic E-state index is 0.326. The van der Waals surface area contributed by atoms with Crippen molar-refractivity contribution in [3.8, 4) is 0 Å². The predicted molar refractivity (Wildman–Crippen MR) is 63.4 cm³/mol. The molecule has 0 aromatic carbocycles. The van der Waals surface area contributed by atoms with Crippen molar-refractivity contribution in [1.82, 2.24) is 19.9 Å². The Morgan fingerprint density at radius 2 is 1.06 bits per heavy atom. The largest absolute Gasteiger partial charge is 0.297 e. The molecule has 0 radical (unpaired) electrons. The average molecular weight is 246 g/mol. The highest BCUT2D eigenvalue weighted by Gasteiger charge is 1.86. The lowest BCUT2D eigenvalue weighted by Crippen LogP contribution is -1.97. The summed E-state index contributed by atoms with van der Waals surface area (Å²) >= 11 is 0. The standard InChI is InChI=1S/2C5H5N3O/c2*9-4-8-5-6-2-1-3-7-5/h2*1-4H,(H,6,7,8,9). The van der Waals surface area contributed by atoms with Crippen LogP contribution in [0.15, 0.2) is 36.9 Å². The first kappa shape index (κ1) is 13.2. The lowest BCUT2D eigenvalue weighted by Gasteiger charge is -1.90. The Kier molecular flexibility index (Phi) is 6.05. The number of hydrogen-bond donors (Lipinski definition) is 2. The number of aromatic nitrogens is 4. The minimum absolute atomic E-state index is 0.326. The summed E-state index contributed by atoms with van der Waals surface area (Å²) in [7, 11) is 0. The molecule has 2 rings (SSSR count). The van der Waals surface area contributed by atoms with Crippen molar-refractivity contribution < 1.29 is 9.59 Å². The van der Waals surface area contributed by atoms with Crippen LogP contribution >= 0.6 is 0 Å². The number of nitrogens with one attached hydrogen (secondary N) is 2. The van der Waals surface area contributed by atoms with Gasteiger partial charge in [0.15, 0.2) is 0 Å². The normalized spacial score (nSPS) is 8.44. The molecule has 2 heterocycles. The van der Waals surface area contributed by atoms with Gasteiger partial charge in [-0.3, -0.25) is 20.2 Å². The molecule has 2 aromatic heterocycles. The van der Waals surface area contributed by atoms with Crippen molar-refractivity contribution in [2.24, 2.45) is 0 Å². The number of carbonyl (C=O) groups excluding carboxylic acids is 2. The van der Waals surface area contributed by atoms with Crippen LogP contribution in [0.5, 0.6) is 0 Å². The van der Waals surface area contributed by atoms with Gasteiger partial charge in [0, 0.05) is 24.8 Å². The smallest absolute Gasteiger partial charge is 0.229 e. The Bertz CT molecular complexity index is 419.